The van der Waals surface area contributed by atoms with Gasteiger partial charge in [0.15, 0.2) is 5.16 Å². The second-order valence-corrected chi connectivity index (χ2v) is 6.93. The zero-order valence-corrected chi connectivity index (χ0v) is 15.7. The van der Waals surface area contributed by atoms with Gasteiger partial charge in [0.2, 0.25) is 5.89 Å². The maximum Gasteiger partial charge on any atom is 0.254 e. The van der Waals surface area contributed by atoms with Crippen LogP contribution >= 0.6 is 11.8 Å². The maximum atomic E-state index is 12.0. The summed E-state index contributed by atoms with van der Waals surface area (Å²) in [5.41, 5.74) is 4.48. The molecule has 2 heterocycles. The SMILES string of the molecule is CCc1c(C)nc(SCc2nc(-c3ccc(C)cc3)oc2C)[nH]c1=O. The molecule has 130 valence electrons. The minimum absolute atomic E-state index is 0.0604. The zero-order chi connectivity index (χ0) is 18.0. The molecule has 6 heteroatoms. The molecular weight excluding hydrogens is 334 g/mol. The van der Waals surface area contributed by atoms with E-state index in [1.807, 2.05) is 52.0 Å². The molecule has 1 N–H and O–H groups in total. The fourth-order valence-corrected chi connectivity index (χ4v) is 3.50. The summed E-state index contributed by atoms with van der Waals surface area (Å²) in [5.74, 6) is 1.99. The minimum atomic E-state index is -0.0604. The Morgan fingerprint density at radius 1 is 1.12 bits per heavy atom. The Bertz CT molecular complexity index is 942. The van der Waals surface area contributed by atoms with E-state index in [1.165, 1.54) is 17.3 Å². The molecule has 5 nitrogen and oxygen atoms in total. The molecular formula is C19H21N3O2S. The van der Waals surface area contributed by atoms with Gasteiger partial charge in [0.1, 0.15) is 5.76 Å². The molecule has 3 rings (SSSR count). The third-order valence-corrected chi connectivity index (χ3v) is 4.98. The lowest BCUT2D eigenvalue weighted by Gasteiger charge is -2.04. The van der Waals surface area contributed by atoms with E-state index >= 15 is 0 Å². The first kappa shape index (κ1) is 17.5. The second kappa shape index (κ2) is 7.27. The fourth-order valence-electron chi connectivity index (χ4n) is 2.59. The van der Waals surface area contributed by atoms with Crippen LogP contribution in [0, 0.1) is 20.8 Å². The van der Waals surface area contributed by atoms with E-state index in [4.69, 9.17) is 4.42 Å². The fraction of sp³-hybridized carbons (Fsp3) is 0.316. The first-order valence-corrected chi connectivity index (χ1v) is 9.22. The number of aromatic nitrogens is 3. The number of aromatic amines is 1. The van der Waals surface area contributed by atoms with Gasteiger partial charge in [-0.05, 0) is 39.3 Å². The average Bonchev–Trinajstić information content (AvgIpc) is 2.94. The quantitative estimate of drug-likeness (QED) is 0.548. The molecule has 1 aromatic carbocycles. The molecule has 0 fully saturated rings. The van der Waals surface area contributed by atoms with E-state index < -0.39 is 0 Å². The van der Waals surface area contributed by atoms with Crippen LogP contribution in [-0.4, -0.2) is 15.0 Å². The number of nitrogens with one attached hydrogen (secondary N) is 1. The van der Waals surface area contributed by atoms with Crippen LogP contribution < -0.4 is 5.56 Å². The molecule has 0 aliphatic heterocycles. The van der Waals surface area contributed by atoms with Gasteiger partial charge >= 0.3 is 0 Å². The van der Waals surface area contributed by atoms with Gasteiger partial charge in [-0.1, -0.05) is 36.4 Å². The Morgan fingerprint density at radius 3 is 2.48 bits per heavy atom. The molecule has 0 bridgehead atoms. The Balaban J connectivity index is 1.78. The molecule has 2 aromatic heterocycles. The summed E-state index contributed by atoms with van der Waals surface area (Å²) in [6.45, 7) is 7.78. The van der Waals surface area contributed by atoms with Crippen LogP contribution in [0.4, 0.5) is 0 Å². The highest BCUT2D eigenvalue weighted by molar-refractivity contribution is 7.98. The van der Waals surface area contributed by atoms with Gasteiger partial charge in [-0.15, -0.1) is 0 Å². The summed E-state index contributed by atoms with van der Waals surface area (Å²) < 4.78 is 5.80. The smallest absolute Gasteiger partial charge is 0.254 e. The van der Waals surface area contributed by atoms with Gasteiger partial charge in [0.25, 0.3) is 5.56 Å². The van der Waals surface area contributed by atoms with Crippen LogP contribution in [0.25, 0.3) is 11.5 Å². The van der Waals surface area contributed by atoms with Gasteiger partial charge in [-0.3, -0.25) is 4.79 Å². The van der Waals surface area contributed by atoms with Crippen LogP contribution in [0.15, 0.2) is 38.6 Å². The Morgan fingerprint density at radius 2 is 1.84 bits per heavy atom. The average molecular weight is 355 g/mol. The molecule has 0 aliphatic carbocycles. The van der Waals surface area contributed by atoms with Gasteiger partial charge in [-0.25, -0.2) is 9.97 Å². The van der Waals surface area contributed by atoms with Crippen molar-refractivity contribution < 1.29 is 4.42 Å². The van der Waals surface area contributed by atoms with Crippen LogP contribution in [0.2, 0.25) is 0 Å². The molecule has 0 spiro atoms. The van der Waals surface area contributed by atoms with E-state index in [1.54, 1.807) is 0 Å². The predicted octanol–water partition coefficient (Wildman–Crippen LogP) is 4.20. The summed E-state index contributed by atoms with van der Waals surface area (Å²) in [4.78, 5) is 24.0. The highest BCUT2D eigenvalue weighted by Crippen LogP contribution is 2.26. The Hall–Kier alpha value is -2.34. The lowest BCUT2D eigenvalue weighted by molar-refractivity contribution is 0.540. The summed E-state index contributed by atoms with van der Waals surface area (Å²) in [5, 5.41) is 0.610. The largest absolute Gasteiger partial charge is 0.441 e. The number of rotatable bonds is 5. The summed E-state index contributed by atoms with van der Waals surface area (Å²) in [6, 6.07) is 8.08. The lowest BCUT2D eigenvalue weighted by Crippen LogP contribution is -2.16. The van der Waals surface area contributed by atoms with E-state index in [0.29, 0.717) is 23.2 Å². The van der Waals surface area contributed by atoms with Crippen LogP contribution in [-0.2, 0) is 12.2 Å². The number of H-pyrrole nitrogens is 1. The molecule has 0 aliphatic rings. The highest BCUT2D eigenvalue weighted by atomic mass is 32.2. The maximum absolute atomic E-state index is 12.0. The van der Waals surface area contributed by atoms with Gasteiger partial charge in [0, 0.05) is 22.6 Å². The third-order valence-electron chi connectivity index (χ3n) is 4.09. The molecule has 3 aromatic rings. The number of hydrogen-bond donors (Lipinski definition) is 1. The topological polar surface area (TPSA) is 71.8 Å². The van der Waals surface area contributed by atoms with Gasteiger partial charge < -0.3 is 9.40 Å². The summed E-state index contributed by atoms with van der Waals surface area (Å²) in [6.07, 6.45) is 0.682. The van der Waals surface area contributed by atoms with Gasteiger partial charge in [-0.2, -0.15) is 0 Å². The molecule has 0 amide bonds. The second-order valence-electron chi connectivity index (χ2n) is 5.97. The Kier molecular flexibility index (Phi) is 5.08. The Labute approximate surface area is 150 Å². The number of aryl methyl sites for hydroxylation is 3. The van der Waals surface area contributed by atoms with Crippen molar-refractivity contribution in [3.8, 4) is 11.5 Å². The van der Waals surface area contributed by atoms with E-state index in [0.717, 1.165) is 28.3 Å². The summed E-state index contributed by atoms with van der Waals surface area (Å²) in [7, 11) is 0. The first-order valence-electron chi connectivity index (χ1n) is 8.24. The highest BCUT2D eigenvalue weighted by Gasteiger charge is 2.13. The summed E-state index contributed by atoms with van der Waals surface area (Å²) >= 11 is 1.46. The van der Waals surface area contributed by atoms with Crippen molar-refractivity contribution in [2.75, 3.05) is 0 Å². The van der Waals surface area contributed by atoms with Crippen molar-refractivity contribution in [3.63, 3.8) is 0 Å². The third kappa shape index (κ3) is 3.85. The van der Waals surface area contributed by atoms with Crippen molar-refractivity contribution >= 4 is 11.8 Å². The molecule has 25 heavy (non-hydrogen) atoms. The number of hydrogen-bond acceptors (Lipinski definition) is 5. The van der Waals surface area contributed by atoms with Crippen molar-refractivity contribution in [2.24, 2.45) is 0 Å². The molecule has 0 saturated heterocycles. The molecule has 0 unspecified atom stereocenters. The molecule has 0 atom stereocenters. The monoisotopic (exact) mass is 355 g/mol. The van der Waals surface area contributed by atoms with E-state index in [2.05, 4.69) is 15.0 Å². The van der Waals surface area contributed by atoms with Crippen LogP contribution in [0.5, 0.6) is 0 Å². The normalized spacial score (nSPS) is 11.0. The molecule has 0 radical (unpaired) electrons. The molecule has 0 saturated carbocycles. The standard InChI is InChI=1S/C19H21N3O2S/c1-5-15-12(3)20-19(22-17(15)23)25-10-16-13(4)24-18(21-16)14-8-6-11(2)7-9-14/h6-9H,5,10H2,1-4H3,(H,20,22,23). The zero-order valence-electron chi connectivity index (χ0n) is 14.8. The minimum Gasteiger partial charge on any atom is -0.441 e. The van der Waals surface area contributed by atoms with Gasteiger partial charge in [0.05, 0.1) is 5.69 Å². The number of benzene rings is 1. The van der Waals surface area contributed by atoms with Crippen molar-refractivity contribution in [3.05, 3.63) is 62.9 Å². The number of oxazole rings is 1. The number of thioether (sulfide) groups is 1. The van der Waals surface area contributed by atoms with Crippen molar-refractivity contribution in [2.45, 2.75) is 45.0 Å². The van der Waals surface area contributed by atoms with Crippen LogP contribution in [0.3, 0.4) is 0 Å². The first-order chi connectivity index (χ1) is 12.0. The lowest BCUT2D eigenvalue weighted by atomic mass is 10.1. The van der Waals surface area contributed by atoms with Crippen molar-refractivity contribution in [1.29, 1.82) is 0 Å². The van der Waals surface area contributed by atoms with Crippen LogP contribution in [0.1, 0.15) is 35.2 Å². The number of nitrogens with zero attached hydrogens (tertiary/aromatic N) is 2. The predicted molar refractivity (Wildman–Crippen MR) is 99.9 cm³/mol. The van der Waals surface area contributed by atoms with E-state index in [9.17, 15) is 4.79 Å². The van der Waals surface area contributed by atoms with Crippen molar-refractivity contribution in [1.82, 2.24) is 15.0 Å². The van der Waals surface area contributed by atoms with E-state index in [-0.39, 0.29) is 5.56 Å².